The minimum Gasteiger partial charge on any atom is -0.353 e. The summed E-state index contributed by atoms with van der Waals surface area (Å²) in [5.41, 5.74) is 1.23. The minimum atomic E-state index is -4.41. The van der Waals surface area contributed by atoms with Crippen LogP contribution >= 0.6 is 15.9 Å². The van der Waals surface area contributed by atoms with Gasteiger partial charge in [-0.25, -0.2) is 4.98 Å². The van der Waals surface area contributed by atoms with E-state index in [1.54, 1.807) is 18.5 Å². The number of aromatic nitrogens is 3. The minimum absolute atomic E-state index is 0.281. The van der Waals surface area contributed by atoms with Crippen LogP contribution in [-0.2, 0) is 6.18 Å². The molecule has 158 valence electrons. The normalized spacial score (nSPS) is 11.6. The van der Waals surface area contributed by atoms with E-state index in [-0.39, 0.29) is 4.47 Å². The number of hydrogen-bond donors (Lipinski definition) is 2. The molecule has 0 aliphatic rings. The number of pyridine rings is 1. The van der Waals surface area contributed by atoms with E-state index in [9.17, 15) is 13.2 Å². The second-order valence-corrected chi connectivity index (χ2v) is 7.60. The van der Waals surface area contributed by atoms with Crippen molar-refractivity contribution >= 4 is 33.4 Å². The highest BCUT2D eigenvalue weighted by Gasteiger charge is 2.30. The molecule has 0 spiro atoms. The van der Waals surface area contributed by atoms with Crippen LogP contribution in [-0.4, -0.2) is 47.0 Å². The van der Waals surface area contributed by atoms with Gasteiger partial charge < -0.3 is 15.5 Å². The monoisotopic (exact) mass is 480 g/mol. The van der Waals surface area contributed by atoms with Crippen molar-refractivity contribution in [2.24, 2.45) is 0 Å². The maximum Gasteiger partial charge on any atom is 0.416 e. The highest BCUT2D eigenvalue weighted by atomic mass is 79.9. The van der Waals surface area contributed by atoms with Crippen molar-refractivity contribution in [3.8, 4) is 11.3 Å². The van der Waals surface area contributed by atoms with Crippen LogP contribution in [0.1, 0.15) is 5.56 Å². The van der Waals surface area contributed by atoms with Gasteiger partial charge in [-0.15, -0.1) is 0 Å². The van der Waals surface area contributed by atoms with Crippen LogP contribution < -0.4 is 10.6 Å². The van der Waals surface area contributed by atoms with Crippen molar-refractivity contribution in [1.82, 2.24) is 19.9 Å². The number of hydrogen-bond acceptors (Lipinski definition) is 6. The fourth-order valence-electron chi connectivity index (χ4n) is 2.58. The topological polar surface area (TPSA) is 66.0 Å². The standard InChI is InChI=1S/C20H20BrF3N6/c1-30(2)10-9-26-19-28-17(13-5-7-25-8-6-13)12-18(29-19)27-16-4-3-14(11-15(16)21)20(22,23)24/h3-8,11-12H,9-10H2,1-2H3,(H2,26,27,28,29). The Morgan fingerprint density at radius 3 is 2.40 bits per heavy atom. The van der Waals surface area contributed by atoms with Gasteiger partial charge in [0.05, 0.1) is 16.9 Å². The molecule has 0 bridgehead atoms. The number of nitrogens with one attached hydrogen (secondary N) is 2. The Morgan fingerprint density at radius 2 is 1.77 bits per heavy atom. The molecule has 6 nitrogen and oxygen atoms in total. The third-order valence-corrected chi connectivity index (χ3v) is 4.76. The van der Waals surface area contributed by atoms with Crippen LogP contribution in [0.3, 0.4) is 0 Å². The molecule has 0 fully saturated rings. The lowest BCUT2D eigenvalue weighted by molar-refractivity contribution is -0.137. The van der Waals surface area contributed by atoms with Crippen molar-refractivity contribution in [2.75, 3.05) is 37.8 Å². The summed E-state index contributed by atoms with van der Waals surface area (Å²) in [4.78, 5) is 15.0. The Hall–Kier alpha value is -2.72. The van der Waals surface area contributed by atoms with Crippen LogP contribution in [0.25, 0.3) is 11.3 Å². The molecule has 3 aromatic rings. The number of benzene rings is 1. The molecule has 0 saturated carbocycles. The smallest absolute Gasteiger partial charge is 0.353 e. The van der Waals surface area contributed by atoms with Crippen molar-refractivity contribution in [3.63, 3.8) is 0 Å². The van der Waals surface area contributed by atoms with Gasteiger partial charge in [0.15, 0.2) is 0 Å². The summed E-state index contributed by atoms with van der Waals surface area (Å²) in [6.45, 7) is 1.42. The van der Waals surface area contributed by atoms with E-state index in [1.807, 2.05) is 31.1 Å². The molecule has 1 aromatic carbocycles. The van der Waals surface area contributed by atoms with E-state index in [4.69, 9.17) is 0 Å². The third kappa shape index (κ3) is 5.90. The van der Waals surface area contributed by atoms with Crippen molar-refractivity contribution in [2.45, 2.75) is 6.18 Å². The van der Waals surface area contributed by atoms with Crippen LogP contribution in [0.2, 0.25) is 0 Å². The molecule has 2 heterocycles. The number of alkyl halides is 3. The predicted molar refractivity (Wildman–Crippen MR) is 115 cm³/mol. The first-order valence-corrected chi connectivity index (χ1v) is 9.83. The van der Waals surface area contributed by atoms with Crippen LogP contribution in [0.4, 0.5) is 30.6 Å². The first-order valence-electron chi connectivity index (χ1n) is 9.04. The Labute approximate surface area is 180 Å². The molecular weight excluding hydrogens is 461 g/mol. The molecule has 0 amide bonds. The highest BCUT2D eigenvalue weighted by Crippen LogP contribution is 2.35. The van der Waals surface area contributed by atoms with Crippen molar-refractivity contribution < 1.29 is 13.2 Å². The molecule has 30 heavy (non-hydrogen) atoms. The average molecular weight is 481 g/mol. The van der Waals surface area contributed by atoms with Gasteiger partial charge in [-0.1, -0.05) is 0 Å². The van der Waals surface area contributed by atoms with Gasteiger partial charge in [-0.2, -0.15) is 18.2 Å². The Kier molecular flexibility index (Phi) is 6.88. The van der Waals surface area contributed by atoms with Gasteiger partial charge in [0.25, 0.3) is 0 Å². The number of nitrogens with zero attached hydrogens (tertiary/aromatic N) is 4. The molecule has 3 rings (SSSR count). The first kappa shape index (κ1) is 22.0. The van der Waals surface area contributed by atoms with Gasteiger partial charge >= 0.3 is 6.18 Å². The summed E-state index contributed by atoms with van der Waals surface area (Å²) >= 11 is 3.20. The number of halogens is 4. The zero-order valence-corrected chi connectivity index (χ0v) is 17.9. The second kappa shape index (κ2) is 9.40. The maximum atomic E-state index is 12.9. The molecule has 0 aliphatic carbocycles. The van der Waals surface area contributed by atoms with Gasteiger partial charge in [0, 0.05) is 41.6 Å². The zero-order valence-electron chi connectivity index (χ0n) is 16.3. The van der Waals surface area contributed by atoms with E-state index >= 15 is 0 Å². The van der Waals surface area contributed by atoms with E-state index in [0.29, 0.717) is 29.7 Å². The van der Waals surface area contributed by atoms with Gasteiger partial charge in [0.1, 0.15) is 5.82 Å². The third-order valence-electron chi connectivity index (χ3n) is 4.10. The first-order chi connectivity index (χ1) is 14.2. The fourth-order valence-corrected chi connectivity index (χ4v) is 3.06. The van der Waals surface area contributed by atoms with Gasteiger partial charge in [0.2, 0.25) is 5.95 Å². The maximum absolute atomic E-state index is 12.9. The van der Waals surface area contributed by atoms with E-state index < -0.39 is 11.7 Å². The molecule has 0 unspecified atom stereocenters. The molecular formula is C20H20BrF3N6. The summed E-state index contributed by atoms with van der Waals surface area (Å²) in [6.07, 6.45) is -1.08. The van der Waals surface area contributed by atoms with Crippen molar-refractivity contribution in [3.05, 3.63) is 58.8 Å². The average Bonchev–Trinajstić information content (AvgIpc) is 2.69. The van der Waals surface area contributed by atoms with Crippen LogP contribution in [0.15, 0.2) is 53.3 Å². The molecule has 0 aliphatic heterocycles. The quantitative estimate of drug-likeness (QED) is 0.493. The van der Waals surface area contributed by atoms with Crippen LogP contribution in [0.5, 0.6) is 0 Å². The number of anilines is 3. The van der Waals surface area contributed by atoms with E-state index in [0.717, 1.165) is 24.2 Å². The largest absolute Gasteiger partial charge is 0.416 e. The summed E-state index contributed by atoms with van der Waals surface area (Å²) in [6, 6.07) is 8.79. The lowest BCUT2D eigenvalue weighted by Crippen LogP contribution is -2.21. The van der Waals surface area contributed by atoms with Gasteiger partial charge in [-0.05, 0) is 60.4 Å². The molecule has 10 heteroatoms. The number of rotatable bonds is 7. The van der Waals surface area contributed by atoms with E-state index in [1.165, 1.54) is 6.07 Å². The van der Waals surface area contributed by atoms with E-state index in [2.05, 4.69) is 41.5 Å². The molecule has 0 saturated heterocycles. The predicted octanol–water partition coefficient (Wildman–Crippen LogP) is 5.04. The Bertz CT molecular complexity index is 996. The molecule has 2 N–H and O–H groups in total. The summed E-state index contributed by atoms with van der Waals surface area (Å²) in [5.74, 6) is 0.862. The molecule has 0 atom stereocenters. The lowest BCUT2D eigenvalue weighted by Gasteiger charge is -2.14. The summed E-state index contributed by atoms with van der Waals surface area (Å²) in [5, 5.41) is 6.25. The zero-order chi connectivity index (χ0) is 21.7. The lowest BCUT2D eigenvalue weighted by atomic mass is 10.2. The molecule has 2 aromatic heterocycles. The number of likely N-dealkylation sites (N-methyl/N-ethyl adjacent to an activating group) is 1. The SMILES string of the molecule is CN(C)CCNc1nc(Nc2ccc(C(F)(F)F)cc2Br)cc(-c2ccncc2)n1. The Balaban J connectivity index is 1.91. The van der Waals surface area contributed by atoms with Crippen LogP contribution in [0, 0.1) is 0 Å². The highest BCUT2D eigenvalue weighted by molar-refractivity contribution is 9.10. The summed E-state index contributed by atoms with van der Waals surface area (Å²) < 4.78 is 39.0. The Morgan fingerprint density at radius 1 is 1.03 bits per heavy atom. The van der Waals surface area contributed by atoms with Gasteiger partial charge in [-0.3, -0.25) is 4.98 Å². The molecule has 0 radical (unpaired) electrons. The summed E-state index contributed by atoms with van der Waals surface area (Å²) in [7, 11) is 3.93. The van der Waals surface area contributed by atoms with Crippen molar-refractivity contribution in [1.29, 1.82) is 0 Å². The second-order valence-electron chi connectivity index (χ2n) is 6.75. The fraction of sp³-hybridized carbons (Fsp3) is 0.250.